The number of nitrogens with zero attached hydrogens (tertiary/aromatic N) is 2. The molecule has 1 aromatic heterocycles. The third-order valence-electron chi connectivity index (χ3n) is 3.03. The van der Waals surface area contributed by atoms with Gasteiger partial charge in [-0.25, -0.2) is 4.68 Å². The van der Waals surface area contributed by atoms with Crippen LogP contribution in [0.1, 0.15) is 16.8 Å². The lowest BCUT2D eigenvalue weighted by atomic mass is 10.2. The highest BCUT2D eigenvalue weighted by Crippen LogP contribution is 2.34. The van der Waals surface area contributed by atoms with E-state index in [2.05, 4.69) is 5.10 Å². The highest BCUT2D eigenvalue weighted by atomic mass is 32.1. The van der Waals surface area contributed by atoms with Crippen molar-refractivity contribution in [1.82, 2.24) is 9.78 Å². The first-order chi connectivity index (χ1) is 9.97. The van der Waals surface area contributed by atoms with E-state index in [-0.39, 0.29) is 11.6 Å². The van der Waals surface area contributed by atoms with Crippen molar-refractivity contribution in [2.45, 2.75) is 13.5 Å². The molecule has 1 heterocycles. The lowest BCUT2D eigenvalue weighted by molar-refractivity contribution is 0.280. The first-order valence-corrected chi connectivity index (χ1v) is 6.67. The lowest BCUT2D eigenvalue weighted by Crippen LogP contribution is -2.11. The van der Waals surface area contributed by atoms with Gasteiger partial charge in [-0.3, -0.25) is 0 Å². The number of aryl methyl sites for hydroxylation is 2. The van der Waals surface area contributed by atoms with E-state index in [0.29, 0.717) is 28.6 Å². The molecule has 2 aromatic rings. The Morgan fingerprint density at radius 1 is 1.43 bits per heavy atom. The summed E-state index contributed by atoms with van der Waals surface area (Å²) in [5, 5.41) is 13.4. The topological polar surface area (TPSA) is 82.5 Å². The summed E-state index contributed by atoms with van der Waals surface area (Å²) in [7, 11) is 3.28. The van der Waals surface area contributed by atoms with Crippen molar-refractivity contribution in [2.75, 3.05) is 7.11 Å². The van der Waals surface area contributed by atoms with Gasteiger partial charge >= 0.3 is 0 Å². The molecule has 0 spiro atoms. The molecule has 0 bridgehead atoms. The summed E-state index contributed by atoms with van der Waals surface area (Å²) in [6.45, 7) is 1.74. The van der Waals surface area contributed by atoms with Crippen LogP contribution in [-0.2, 0) is 13.7 Å². The molecule has 3 N–H and O–H groups in total. The number of hydrogen-bond acceptors (Lipinski definition) is 5. The molecular weight excluding hydrogens is 290 g/mol. The summed E-state index contributed by atoms with van der Waals surface area (Å²) in [4.78, 5) is 0.224. The Labute approximate surface area is 128 Å². The predicted octanol–water partition coefficient (Wildman–Crippen LogP) is 1.66. The Morgan fingerprint density at radius 2 is 2.14 bits per heavy atom. The molecule has 0 saturated heterocycles. The van der Waals surface area contributed by atoms with Crippen LogP contribution < -0.4 is 15.2 Å². The largest absolute Gasteiger partial charge is 0.493 e. The molecule has 112 valence electrons. The number of aliphatic hydroxyl groups excluding tert-OH is 1. The van der Waals surface area contributed by atoms with E-state index in [1.807, 2.05) is 6.92 Å². The van der Waals surface area contributed by atoms with Gasteiger partial charge in [0.1, 0.15) is 4.99 Å². The summed E-state index contributed by atoms with van der Waals surface area (Å²) >= 11 is 5.05. The minimum Gasteiger partial charge on any atom is -0.493 e. The van der Waals surface area contributed by atoms with E-state index in [4.69, 9.17) is 32.5 Å². The smallest absolute Gasteiger partial charge is 0.228 e. The molecule has 0 unspecified atom stereocenters. The minimum atomic E-state index is -0.0698. The first-order valence-electron chi connectivity index (χ1n) is 6.27. The minimum absolute atomic E-state index is 0.0698. The molecule has 21 heavy (non-hydrogen) atoms. The number of hydrogen-bond donors (Lipinski definition) is 2. The van der Waals surface area contributed by atoms with Gasteiger partial charge in [0.05, 0.1) is 25.0 Å². The number of rotatable bonds is 5. The second kappa shape index (κ2) is 6.11. The molecule has 0 fully saturated rings. The summed E-state index contributed by atoms with van der Waals surface area (Å²) in [6.07, 6.45) is 0. The van der Waals surface area contributed by atoms with Crippen molar-refractivity contribution < 1.29 is 14.6 Å². The van der Waals surface area contributed by atoms with Gasteiger partial charge in [0.25, 0.3) is 0 Å². The summed E-state index contributed by atoms with van der Waals surface area (Å²) in [5.41, 5.74) is 7.76. The monoisotopic (exact) mass is 307 g/mol. The second-order valence-electron chi connectivity index (χ2n) is 4.50. The van der Waals surface area contributed by atoms with E-state index in [0.717, 1.165) is 5.56 Å². The molecule has 7 heteroatoms. The number of ether oxygens (including phenoxy) is 2. The average molecular weight is 307 g/mol. The van der Waals surface area contributed by atoms with Crippen LogP contribution in [0.25, 0.3) is 0 Å². The van der Waals surface area contributed by atoms with Crippen LogP contribution in [0, 0.1) is 6.92 Å². The normalized spacial score (nSPS) is 10.5. The van der Waals surface area contributed by atoms with Gasteiger partial charge in [0, 0.05) is 7.05 Å². The fraction of sp³-hybridized carbons (Fsp3) is 0.286. The van der Waals surface area contributed by atoms with E-state index in [9.17, 15) is 0 Å². The molecule has 0 aliphatic heterocycles. The number of benzene rings is 1. The molecule has 0 amide bonds. The van der Waals surface area contributed by atoms with Crippen molar-refractivity contribution in [3.8, 4) is 17.4 Å². The Hall–Kier alpha value is -2.12. The van der Waals surface area contributed by atoms with E-state index in [1.165, 1.54) is 7.11 Å². The van der Waals surface area contributed by atoms with Crippen LogP contribution in [0.15, 0.2) is 18.2 Å². The van der Waals surface area contributed by atoms with Crippen molar-refractivity contribution in [1.29, 1.82) is 0 Å². The van der Waals surface area contributed by atoms with Gasteiger partial charge in [-0.05, 0) is 24.6 Å². The van der Waals surface area contributed by atoms with Gasteiger partial charge in [0.2, 0.25) is 5.88 Å². The van der Waals surface area contributed by atoms with Crippen molar-refractivity contribution in [3.05, 3.63) is 35.0 Å². The highest BCUT2D eigenvalue weighted by molar-refractivity contribution is 7.80. The Kier molecular flexibility index (Phi) is 4.44. The summed E-state index contributed by atoms with van der Waals surface area (Å²) in [6, 6.07) is 5.18. The molecule has 0 radical (unpaired) electrons. The lowest BCUT2D eigenvalue weighted by Gasteiger charge is -2.12. The maximum absolute atomic E-state index is 9.16. The van der Waals surface area contributed by atoms with Gasteiger partial charge < -0.3 is 20.3 Å². The summed E-state index contributed by atoms with van der Waals surface area (Å²) in [5.74, 6) is 1.46. The number of aromatic nitrogens is 2. The Bertz CT molecular complexity index is 682. The second-order valence-corrected chi connectivity index (χ2v) is 4.94. The van der Waals surface area contributed by atoms with Crippen LogP contribution in [0.5, 0.6) is 17.4 Å². The zero-order valence-electron chi connectivity index (χ0n) is 12.1. The fourth-order valence-electron chi connectivity index (χ4n) is 2.04. The molecule has 6 nitrogen and oxygen atoms in total. The van der Waals surface area contributed by atoms with Crippen LogP contribution >= 0.6 is 12.2 Å². The van der Waals surface area contributed by atoms with Crippen LogP contribution in [0.3, 0.4) is 0 Å². The molecule has 2 rings (SSSR count). The van der Waals surface area contributed by atoms with Crippen LogP contribution in [-0.4, -0.2) is 27.0 Å². The van der Waals surface area contributed by atoms with Gasteiger partial charge in [-0.2, -0.15) is 5.10 Å². The van der Waals surface area contributed by atoms with Crippen molar-refractivity contribution in [3.63, 3.8) is 0 Å². The molecule has 0 aliphatic carbocycles. The van der Waals surface area contributed by atoms with Crippen LogP contribution in [0.2, 0.25) is 0 Å². The zero-order valence-corrected chi connectivity index (χ0v) is 12.9. The highest BCUT2D eigenvalue weighted by Gasteiger charge is 2.19. The maximum atomic E-state index is 9.16. The third-order valence-corrected chi connectivity index (χ3v) is 3.24. The van der Waals surface area contributed by atoms with Gasteiger partial charge in [-0.15, -0.1) is 0 Å². The Morgan fingerprint density at radius 3 is 2.71 bits per heavy atom. The van der Waals surface area contributed by atoms with E-state index < -0.39 is 0 Å². The van der Waals surface area contributed by atoms with Crippen LogP contribution in [0.4, 0.5) is 0 Å². The fourth-order valence-corrected chi connectivity index (χ4v) is 2.27. The van der Waals surface area contributed by atoms with E-state index >= 15 is 0 Å². The quantitative estimate of drug-likeness (QED) is 0.818. The molecular formula is C14H17N3O3S. The van der Waals surface area contributed by atoms with Gasteiger partial charge in [-0.1, -0.05) is 18.3 Å². The first kappa shape index (κ1) is 15.3. The predicted molar refractivity (Wildman–Crippen MR) is 82.8 cm³/mol. The average Bonchev–Trinajstić information content (AvgIpc) is 2.73. The number of aliphatic hydroxyl groups is 1. The van der Waals surface area contributed by atoms with E-state index in [1.54, 1.807) is 29.9 Å². The number of nitrogens with two attached hydrogens (primary N) is 1. The third kappa shape index (κ3) is 2.98. The SMILES string of the molecule is COc1cc(CO)ccc1Oc1c(C(N)=S)c(C)nn1C. The molecule has 0 aliphatic rings. The Balaban J connectivity index is 2.45. The van der Waals surface area contributed by atoms with Crippen molar-refractivity contribution in [2.24, 2.45) is 12.8 Å². The maximum Gasteiger partial charge on any atom is 0.228 e. The molecule has 1 aromatic carbocycles. The van der Waals surface area contributed by atoms with Gasteiger partial charge in [0.15, 0.2) is 11.5 Å². The standard InChI is InChI=1S/C14H17N3O3S/c1-8-12(13(15)21)14(17(2)16-8)20-10-5-4-9(7-18)6-11(10)19-3/h4-6,18H,7H2,1-3H3,(H2,15,21). The molecule has 0 atom stereocenters. The summed E-state index contributed by atoms with van der Waals surface area (Å²) < 4.78 is 12.7. The molecule has 0 saturated carbocycles. The number of methoxy groups -OCH3 is 1. The number of thiocarbonyl (C=S) groups is 1. The van der Waals surface area contributed by atoms with Crippen molar-refractivity contribution >= 4 is 17.2 Å². The zero-order chi connectivity index (χ0) is 15.6.